The lowest BCUT2D eigenvalue weighted by molar-refractivity contribution is -0.111. The van der Waals surface area contributed by atoms with Crippen molar-refractivity contribution in [3.63, 3.8) is 0 Å². The molecule has 0 saturated carbocycles. The highest BCUT2D eigenvalue weighted by Crippen LogP contribution is 2.17. The molecule has 5 heteroatoms. The first-order valence-electron chi connectivity index (χ1n) is 5.94. The van der Waals surface area contributed by atoms with Gasteiger partial charge in [0.25, 0.3) is 0 Å². The number of halogens is 1. The summed E-state index contributed by atoms with van der Waals surface area (Å²) in [5.74, 6) is -0.710. The summed E-state index contributed by atoms with van der Waals surface area (Å²) in [5, 5.41) is 4.08. The normalized spacial score (nSPS) is 16.8. The standard InChI is InChI=1S/C15H12ClNO3/c1-9-8-14(18)10(2)7-13(9)17-20-15(19)11-5-3-4-6-12(11)16/h3-8H,1-2H3/b17-13+. The van der Waals surface area contributed by atoms with Crippen molar-refractivity contribution < 1.29 is 14.4 Å². The van der Waals surface area contributed by atoms with Crippen molar-refractivity contribution in [3.8, 4) is 0 Å². The molecule has 0 heterocycles. The predicted molar refractivity (Wildman–Crippen MR) is 76.8 cm³/mol. The van der Waals surface area contributed by atoms with Crippen LogP contribution < -0.4 is 0 Å². The van der Waals surface area contributed by atoms with Crippen molar-refractivity contribution >= 4 is 29.1 Å². The minimum absolute atomic E-state index is 0.0705. The summed E-state index contributed by atoms with van der Waals surface area (Å²) in [6.07, 6.45) is 3.04. The second kappa shape index (κ2) is 5.84. The molecule has 0 radical (unpaired) electrons. The molecule has 102 valence electrons. The van der Waals surface area contributed by atoms with Gasteiger partial charge in [-0.3, -0.25) is 4.79 Å². The van der Waals surface area contributed by atoms with E-state index in [1.807, 2.05) is 0 Å². The summed E-state index contributed by atoms with van der Waals surface area (Å²) in [7, 11) is 0. The Hall–Kier alpha value is -2.20. The van der Waals surface area contributed by atoms with E-state index in [9.17, 15) is 9.59 Å². The smallest absolute Gasteiger partial charge is 0.312 e. The molecule has 0 bridgehead atoms. The van der Waals surface area contributed by atoms with Gasteiger partial charge in [0.05, 0.1) is 10.6 Å². The number of carbonyl (C=O) groups is 2. The van der Waals surface area contributed by atoms with Gasteiger partial charge in [-0.15, -0.1) is 0 Å². The van der Waals surface area contributed by atoms with Crippen LogP contribution in [0.2, 0.25) is 5.02 Å². The van der Waals surface area contributed by atoms with Crippen molar-refractivity contribution in [1.29, 1.82) is 0 Å². The molecular weight excluding hydrogens is 278 g/mol. The molecule has 1 aromatic rings. The number of oxime groups is 1. The number of ketones is 1. The van der Waals surface area contributed by atoms with Gasteiger partial charge in [-0.05, 0) is 49.3 Å². The average Bonchev–Trinajstić information content (AvgIpc) is 2.41. The zero-order valence-electron chi connectivity index (χ0n) is 11.0. The Morgan fingerprint density at radius 1 is 1.15 bits per heavy atom. The fraction of sp³-hybridized carbons (Fsp3) is 0.133. The molecule has 2 rings (SSSR count). The molecule has 0 atom stereocenters. The first kappa shape index (κ1) is 14.2. The van der Waals surface area contributed by atoms with Crippen LogP contribution >= 0.6 is 11.6 Å². The molecule has 1 aliphatic carbocycles. The largest absolute Gasteiger partial charge is 0.367 e. The second-order valence-corrected chi connectivity index (χ2v) is 4.76. The number of nitrogens with zero attached hydrogens (tertiary/aromatic N) is 1. The Balaban J connectivity index is 2.18. The van der Waals surface area contributed by atoms with Crippen molar-refractivity contribution in [1.82, 2.24) is 0 Å². The lowest BCUT2D eigenvalue weighted by Crippen LogP contribution is -2.11. The molecule has 1 aliphatic rings. The number of hydrogen-bond acceptors (Lipinski definition) is 4. The Labute approximate surface area is 121 Å². The highest BCUT2D eigenvalue weighted by atomic mass is 35.5. The zero-order chi connectivity index (χ0) is 14.7. The highest BCUT2D eigenvalue weighted by Gasteiger charge is 2.15. The third-order valence-corrected chi connectivity index (χ3v) is 3.14. The van der Waals surface area contributed by atoms with E-state index in [1.54, 1.807) is 44.2 Å². The highest BCUT2D eigenvalue weighted by molar-refractivity contribution is 6.33. The lowest BCUT2D eigenvalue weighted by Gasteiger charge is -2.08. The Kier molecular flexibility index (Phi) is 4.15. The Bertz CT molecular complexity index is 671. The quantitative estimate of drug-likeness (QED) is 0.477. The van der Waals surface area contributed by atoms with Crippen molar-refractivity contribution in [2.75, 3.05) is 0 Å². The van der Waals surface area contributed by atoms with Crippen LogP contribution in [0.15, 0.2) is 52.7 Å². The third-order valence-electron chi connectivity index (χ3n) is 2.81. The van der Waals surface area contributed by atoms with Gasteiger partial charge in [0.2, 0.25) is 0 Å². The molecule has 0 saturated heterocycles. The predicted octanol–water partition coefficient (Wildman–Crippen LogP) is 3.33. The van der Waals surface area contributed by atoms with E-state index in [0.29, 0.717) is 21.9 Å². The number of rotatable bonds is 2. The average molecular weight is 290 g/mol. The summed E-state index contributed by atoms with van der Waals surface area (Å²) in [6.45, 7) is 3.40. The lowest BCUT2D eigenvalue weighted by atomic mass is 9.99. The van der Waals surface area contributed by atoms with Crippen LogP contribution in [0.4, 0.5) is 0 Å². The van der Waals surface area contributed by atoms with Gasteiger partial charge in [-0.25, -0.2) is 4.79 Å². The first-order valence-corrected chi connectivity index (χ1v) is 6.32. The molecule has 0 aromatic heterocycles. The topological polar surface area (TPSA) is 55.7 Å². The van der Waals surface area contributed by atoms with E-state index < -0.39 is 5.97 Å². The second-order valence-electron chi connectivity index (χ2n) is 4.35. The molecule has 0 aliphatic heterocycles. The number of allylic oxidation sites excluding steroid dienone is 4. The van der Waals surface area contributed by atoms with Crippen molar-refractivity contribution in [2.45, 2.75) is 13.8 Å². The van der Waals surface area contributed by atoms with Gasteiger partial charge in [-0.2, -0.15) is 0 Å². The molecule has 0 N–H and O–H groups in total. The minimum Gasteiger partial charge on any atom is -0.312 e. The SMILES string of the molecule is CC1=C/C(=N\OC(=O)c2ccccc2Cl)C(C)=CC1=O. The molecule has 4 nitrogen and oxygen atoms in total. The zero-order valence-corrected chi connectivity index (χ0v) is 11.8. The summed E-state index contributed by atoms with van der Waals surface area (Å²) in [6, 6.07) is 6.56. The molecule has 0 spiro atoms. The summed E-state index contributed by atoms with van der Waals surface area (Å²) < 4.78 is 0. The molecule has 20 heavy (non-hydrogen) atoms. The maximum Gasteiger partial charge on any atom is 0.367 e. The van der Waals surface area contributed by atoms with Gasteiger partial charge in [0.1, 0.15) is 5.71 Å². The van der Waals surface area contributed by atoms with E-state index >= 15 is 0 Å². The van der Waals surface area contributed by atoms with E-state index in [0.717, 1.165) is 0 Å². The molecule has 1 aromatic carbocycles. The van der Waals surface area contributed by atoms with E-state index in [-0.39, 0.29) is 11.3 Å². The number of benzene rings is 1. The monoisotopic (exact) mass is 289 g/mol. The maximum atomic E-state index is 11.8. The number of carbonyl (C=O) groups excluding carboxylic acids is 2. The fourth-order valence-corrected chi connectivity index (χ4v) is 1.85. The van der Waals surface area contributed by atoms with Crippen LogP contribution in [0.1, 0.15) is 24.2 Å². The number of hydrogen-bond donors (Lipinski definition) is 0. The van der Waals surface area contributed by atoms with Crippen LogP contribution in [0.3, 0.4) is 0 Å². The Morgan fingerprint density at radius 3 is 2.55 bits per heavy atom. The van der Waals surface area contributed by atoms with E-state index in [4.69, 9.17) is 16.4 Å². The van der Waals surface area contributed by atoms with Crippen molar-refractivity contribution in [2.24, 2.45) is 5.16 Å². The van der Waals surface area contributed by atoms with Gasteiger partial charge in [0.15, 0.2) is 5.78 Å². The summed E-state index contributed by atoms with van der Waals surface area (Å²) in [5.41, 5.74) is 1.88. The van der Waals surface area contributed by atoms with Crippen LogP contribution in [0.5, 0.6) is 0 Å². The van der Waals surface area contributed by atoms with Crippen LogP contribution in [-0.4, -0.2) is 17.5 Å². The minimum atomic E-state index is -0.640. The molecule has 0 unspecified atom stereocenters. The first-order chi connectivity index (χ1) is 9.49. The van der Waals surface area contributed by atoms with Crippen LogP contribution in [0, 0.1) is 0 Å². The van der Waals surface area contributed by atoms with Gasteiger partial charge < -0.3 is 4.84 Å². The van der Waals surface area contributed by atoms with E-state index in [2.05, 4.69) is 5.16 Å². The fourth-order valence-electron chi connectivity index (χ4n) is 1.64. The van der Waals surface area contributed by atoms with Crippen LogP contribution in [0.25, 0.3) is 0 Å². The molecule has 0 fully saturated rings. The van der Waals surface area contributed by atoms with Gasteiger partial charge in [-0.1, -0.05) is 28.9 Å². The van der Waals surface area contributed by atoms with Crippen molar-refractivity contribution in [3.05, 3.63) is 58.1 Å². The molecule has 0 amide bonds. The Morgan fingerprint density at radius 2 is 1.85 bits per heavy atom. The molecular formula is C15H12ClNO3. The van der Waals surface area contributed by atoms with E-state index in [1.165, 1.54) is 6.08 Å². The third kappa shape index (κ3) is 3.03. The summed E-state index contributed by atoms with van der Waals surface area (Å²) >= 11 is 5.89. The maximum absolute atomic E-state index is 11.8. The van der Waals surface area contributed by atoms with Gasteiger partial charge >= 0.3 is 5.97 Å². The van der Waals surface area contributed by atoms with Gasteiger partial charge in [0, 0.05) is 0 Å². The van der Waals surface area contributed by atoms with Crippen LogP contribution in [-0.2, 0) is 9.63 Å². The summed E-state index contributed by atoms with van der Waals surface area (Å²) in [4.78, 5) is 28.1.